The van der Waals surface area contributed by atoms with Crippen LogP contribution in [0.1, 0.15) is 37.1 Å². The van der Waals surface area contributed by atoms with Crippen LogP contribution in [0.2, 0.25) is 0 Å². The van der Waals surface area contributed by atoms with Gasteiger partial charge in [-0.05, 0) is 63.2 Å². The molecule has 6 heteroatoms. The number of hydrogen-bond acceptors (Lipinski definition) is 4. The zero-order chi connectivity index (χ0) is 14.1. The Labute approximate surface area is 124 Å². The Morgan fingerprint density at radius 2 is 1.95 bits per heavy atom. The van der Waals surface area contributed by atoms with Crippen LogP contribution < -0.4 is 16.2 Å². The first-order chi connectivity index (χ1) is 9.60. The molecule has 0 unspecified atom stereocenters. The van der Waals surface area contributed by atoms with E-state index in [4.69, 9.17) is 12.2 Å². The maximum atomic E-state index is 5.33. The highest BCUT2D eigenvalue weighted by atomic mass is 32.1. The van der Waals surface area contributed by atoms with Crippen LogP contribution >= 0.6 is 12.2 Å². The van der Waals surface area contributed by atoms with Gasteiger partial charge >= 0.3 is 0 Å². The second-order valence-corrected chi connectivity index (χ2v) is 6.39. The van der Waals surface area contributed by atoms with Gasteiger partial charge in [-0.3, -0.25) is 10.9 Å². The monoisotopic (exact) mass is 291 g/mol. The van der Waals surface area contributed by atoms with Crippen molar-refractivity contribution in [1.29, 1.82) is 0 Å². The maximum absolute atomic E-state index is 5.33. The van der Waals surface area contributed by atoms with Crippen molar-refractivity contribution in [2.75, 3.05) is 5.43 Å². The first-order valence-electron chi connectivity index (χ1n) is 7.25. The van der Waals surface area contributed by atoms with E-state index in [-0.39, 0.29) is 0 Å². The van der Waals surface area contributed by atoms with E-state index in [0.717, 1.165) is 23.2 Å². The molecule has 1 aromatic rings. The molecule has 0 amide bonds. The number of rotatable bonds is 3. The zero-order valence-electron chi connectivity index (χ0n) is 11.9. The lowest BCUT2D eigenvalue weighted by atomic mass is 9.96. The molecule has 0 aliphatic heterocycles. The average Bonchev–Trinajstić information content (AvgIpc) is 2.97. The van der Waals surface area contributed by atoms with Gasteiger partial charge in [-0.15, -0.1) is 0 Å². The molecule has 0 spiro atoms. The topological polar surface area (TPSA) is 61.9 Å². The molecular formula is C14H21N5S. The summed E-state index contributed by atoms with van der Waals surface area (Å²) < 4.78 is 0. The van der Waals surface area contributed by atoms with Gasteiger partial charge in [0.2, 0.25) is 5.95 Å². The number of hydrogen-bond donors (Lipinski definition) is 3. The largest absolute Gasteiger partial charge is 0.358 e. The number of aryl methyl sites for hydroxylation is 2. The van der Waals surface area contributed by atoms with Crippen LogP contribution in [0.3, 0.4) is 0 Å². The van der Waals surface area contributed by atoms with Crippen LogP contribution in [-0.4, -0.2) is 21.1 Å². The molecule has 3 N–H and O–H groups in total. The van der Waals surface area contributed by atoms with E-state index < -0.39 is 0 Å². The molecule has 5 nitrogen and oxygen atoms in total. The second kappa shape index (κ2) is 5.52. The Bertz CT molecular complexity index is 498. The van der Waals surface area contributed by atoms with Gasteiger partial charge in [-0.2, -0.15) is 0 Å². The van der Waals surface area contributed by atoms with E-state index in [1.54, 1.807) is 0 Å². The molecule has 20 heavy (non-hydrogen) atoms. The molecule has 2 aliphatic carbocycles. The minimum atomic E-state index is 0.538. The molecule has 2 saturated carbocycles. The second-order valence-electron chi connectivity index (χ2n) is 5.98. The van der Waals surface area contributed by atoms with Crippen molar-refractivity contribution in [3.8, 4) is 0 Å². The summed E-state index contributed by atoms with van der Waals surface area (Å²) in [6, 6.07) is 2.48. The van der Waals surface area contributed by atoms with Crippen molar-refractivity contribution in [3.63, 3.8) is 0 Å². The number of nitrogens with zero attached hydrogens (tertiary/aromatic N) is 2. The van der Waals surface area contributed by atoms with Gasteiger partial charge in [0.05, 0.1) is 0 Å². The van der Waals surface area contributed by atoms with E-state index in [0.29, 0.717) is 17.1 Å². The summed E-state index contributed by atoms with van der Waals surface area (Å²) in [5.41, 5.74) is 7.83. The number of aromatic nitrogens is 2. The van der Waals surface area contributed by atoms with Crippen molar-refractivity contribution in [2.45, 2.75) is 45.6 Å². The van der Waals surface area contributed by atoms with Gasteiger partial charge in [0.15, 0.2) is 5.11 Å². The van der Waals surface area contributed by atoms with E-state index in [1.807, 2.05) is 19.9 Å². The van der Waals surface area contributed by atoms with Crippen LogP contribution in [0.15, 0.2) is 6.07 Å². The smallest absolute Gasteiger partial charge is 0.242 e. The Morgan fingerprint density at radius 1 is 1.20 bits per heavy atom. The van der Waals surface area contributed by atoms with Crippen LogP contribution in [0, 0.1) is 25.7 Å². The van der Waals surface area contributed by atoms with Crippen molar-refractivity contribution in [1.82, 2.24) is 20.7 Å². The molecule has 2 bridgehead atoms. The molecule has 1 heterocycles. The lowest BCUT2D eigenvalue weighted by molar-refractivity contribution is 0.390. The Morgan fingerprint density at radius 3 is 2.55 bits per heavy atom. The van der Waals surface area contributed by atoms with Crippen molar-refractivity contribution >= 4 is 23.3 Å². The minimum Gasteiger partial charge on any atom is -0.358 e. The summed E-state index contributed by atoms with van der Waals surface area (Å²) in [7, 11) is 0. The zero-order valence-corrected chi connectivity index (χ0v) is 12.8. The quantitative estimate of drug-likeness (QED) is 0.585. The minimum absolute atomic E-state index is 0.538. The first-order valence-corrected chi connectivity index (χ1v) is 7.66. The fourth-order valence-electron chi connectivity index (χ4n) is 3.52. The molecule has 1 aromatic heterocycles. The molecule has 0 saturated heterocycles. The van der Waals surface area contributed by atoms with Gasteiger partial charge in [0.25, 0.3) is 0 Å². The van der Waals surface area contributed by atoms with Crippen LogP contribution in [0.25, 0.3) is 0 Å². The van der Waals surface area contributed by atoms with Crippen LogP contribution in [0.4, 0.5) is 5.95 Å². The van der Waals surface area contributed by atoms with E-state index in [1.165, 1.54) is 25.7 Å². The third-order valence-electron chi connectivity index (χ3n) is 4.32. The van der Waals surface area contributed by atoms with Crippen molar-refractivity contribution in [3.05, 3.63) is 17.5 Å². The van der Waals surface area contributed by atoms with Crippen molar-refractivity contribution < 1.29 is 0 Å². The summed E-state index contributed by atoms with van der Waals surface area (Å²) in [4.78, 5) is 8.61. The molecule has 2 aliphatic rings. The SMILES string of the molecule is Cc1cc(C)nc(NNC(=S)N[C@@H]2C[C@H]3CC[C@H]2C3)n1. The van der Waals surface area contributed by atoms with Crippen LogP contribution in [0.5, 0.6) is 0 Å². The Balaban J connectivity index is 1.49. The summed E-state index contributed by atoms with van der Waals surface area (Å²) in [5.74, 6) is 2.27. The number of thiocarbonyl (C=S) groups is 1. The Hall–Kier alpha value is -1.43. The predicted molar refractivity (Wildman–Crippen MR) is 83.2 cm³/mol. The van der Waals surface area contributed by atoms with Gasteiger partial charge in [0.1, 0.15) is 0 Å². The lowest BCUT2D eigenvalue weighted by Gasteiger charge is -2.24. The number of anilines is 1. The highest BCUT2D eigenvalue weighted by molar-refractivity contribution is 7.80. The summed E-state index contributed by atoms with van der Waals surface area (Å²) in [6.07, 6.45) is 5.37. The third-order valence-corrected chi connectivity index (χ3v) is 4.54. The highest BCUT2D eigenvalue weighted by Crippen LogP contribution is 2.44. The fourth-order valence-corrected chi connectivity index (χ4v) is 3.72. The predicted octanol–water partition coefficient (Wildman–Crippen LogP) is 2.07. The van der Waals surface area contributed by atoms with E-state index in [2.05, 4.69) is 26.1 Å². The first kappa shape index (κ1) is 13.5. The molecule has 3 atom stereocenters. The van der Waals surface area contributed by atoms with Gasteiger partial charge in [-0.25, -0.2) is 9.97 Å². The third kappa shape index (κ3) is 3.00. The maximum Gasteiger partial charge on any atom is 0.242 e. The van der Waals surface area contributed by atoms with Gasteiger partial charge in [-0.1, -0.05) is 6.42 Å². The molecule has 108 valence electrons. The number of nitrogens with one attached hydrogen (secondary N) is 3. The summed E-state index contributed by atoms with van der Waals surface area (Å²) in [5, 5.41) is 4.04. The fraction of sp³-hybridized carbons (Fsp3) is 0.643. The number of hydrazine groups is 1. The molecule has 2 fully saturated rings. The highest BCUT2D eigenvalue weighted by Gasteiger charge is 2.39. The van der Waals surface area contributed by atoms with E-state index >= 15 is 0 Å². The van der Waals surface area contributed by atoms with Crippen molar-refractivity contribution in [2.24, 2.45) is 11.8 Å². The van der Waals surface area contributed by atoms with Crippen LogP contribution in [-0.2, 0) is 0 Å². The standard InChI is InChI=1S/C14H21N5S/c1-8-5-9(2)16-13(15-8)18-19-14(20)17-12-7-10-3-4-11(12)6-10/h5,10-12H,3-4,6-7H2,1-2H3,(H,15,16,18)(H2,17,19,20)/t10-,11-,12+/m0/s1. The van der Waals surface area contributed by atoms with Gasteiger partial charge < -0.3 is 5.32 Å². The summed E-state index contributed by atoms with van der Waals surface area (Å²) in [6.45, 7) is 3.90. The van der Waals surface area contributed by atoms with Gasteiger partial charge in [0, 0.05) is 17.4 Å². The van der Waals surface area contributed by atoms with E-state index in [9.17, 15) is 0 Å². The normalized spacial score (nSPS) is 27.4. The molecule has 3 rings (SSSR count). The number of fused-ring (bicyclic) bond motifs is 2. The molecular weight excluding hydrogens is 270 g/mol. The molecule has 0 radical (unpaired) electrons. The average molecular weight is 291 g/mol. The summed E-state index contributed by atoms with van der Waals surface area (Å²) >= 11 is 5.33. The lowest BCUT2D eigenvalue weighted by Crippen LogP contribution is -2.46. The molecule has 0 aromatic carbocycles. The Kier molecular flexibility index (Phi) is 3.74.